The molecule has 0 aromatic carbocycles. The van der Waals surface area contributed by atoms with Crippen molar-refractivity contribution in [2.45, 2.75) is 13.3 Å². The van der Waals surface area contributed by atoms with E-state index in [0.717, 1.165) is 13.0 Å². The zero-order valence-electron chi connectivity index (χ0n) is 7.09. The standard InChI is InChI=1S/C4H10O.C3H8O2/c1-3-4-5-2;1-5-3-2-4/h3-4H2,1-2H3;4H,2-3H2,1H3. The van der Waals surface area contributed by atoms with E-state index in [2.05, 4.69) is 11.7 Å². The van der Waals surface area contributed by atoms with E-state index in [4.69, 9.17) is 9.84 Å². The summed E-state index contributed by atoms with van der Waals surface area (Å²) < 4.78 is 9.13. The van der Waals surface area contributed by atoms with Crippen molar-refractivity contribution in [3.63, 3.8) is 0 Å². The van der Waals surface area contributed by atoms with Crippen LogP contribution in [-0.2, 0) is 9.47 Å². The summed E-state index contributed by atoms with van der Waals surface area (Å²) in [6, 6.07) is 0. The van der Waals surface area contributed by atoms with Crippen LogP contribution in [0.2, 0.25) is 0 Å². The van der Waals surface area contributed by atoms with Gasteiger partial charge >= 0.3 is 0 Å². The van der Waals surface area contributed by atoms with Gasteiger partial charge in [-0.1, -0.05) is 6.92 Å². The van der Waals surface area contributed by atoms with E-state index in [-0.39, 0.29) is 6.61 Å². The van der Waals surface area contributed by atoms with Crippen LogP contribution < -0.4 is 0 Å². The molecule has 0 aromatic heterocycles. The monoisotopic (exact) mass is 150 g/mol. The molecule has 0 radical (unpaired) electrons. The van der Waals surface area contributed by atoms with Gasteiger partial charge in [0.15, 0.2) is 0 Å². The molecule has 1 N–H and O–H groups in total. The van der Waals surface area contributed by atoms with Crippen LogP contribution in [0.1, 0.15) is 13.3 Å². The Morgan fingerprint density at radius 3 is 1.60 bits per heavy atom. The van der Waals surface area contributed by atoms with E-state index in [1.165, 1.54) is 0 Å². The number of aliphatic hydroxyl groups is 1. The first-order valence-corrected chi connectivity index (χ1v) is 3.42. The Hall–Kier alpha value is -0.120. The molecule has 0 aliphatic carbocycles. The first-order valence-electron chi connectivity index (χ1n) is 3.42. The fourth-order valence-corrected chi connectivity index (χ4v) is 0.295. The molecule has 0 spiro atoms. The third-order valence-electron chi connectivity index (χ3n) is 0.704. The molecule has 3 nitrogen and oxygen atoms in total. The third kappa shape index (κ3) is 24.8. The normalized spacial score (nSPS) is 8.40. The lowest BCUT2D eigenvalue weighted by Gasteiger charge is -1.84. The van der Waals surface area contributed by atoms with Crippen LogP contribution in [-0.4, -0.2) is 39.1 Å². The molecule has 0 aliphatic rings. The molecule has 3 heteroatoms. The van der Waals surface area contributed by atoms with Gasteiger partial charge < -0.3 is 14.6 Å². The average Bonchev–Trinajstić information content (AvgIpc) is 1.93. The summed E-state index contributed by atoms with van der Waals surface area (Å²) in [6.45, 7) is 3.54. The van der Waals surface area contributed by atoms with Crippen LogP contribution >= 0.6 is 0 Å². The van der Waals surface area contributed by atoms with Gasteiger partial charge in [0.05, 0.1) is 13.2 Å². The molecular weight excluding hydrogens is 132 g/mol. The van der Waals surface area contributed by atoms with Gasteiger partial charge in [-0.3, -0.25) is 0 Å². The van der Waals surface area contributed by atoms with Crippen molar-refractivity contribution in [1.29, 1.82) is 0 Å². The highest BCUT2D eigenvalue weighted by Crippen LogP contribution is 1.70. The average molecular weight is 150 g/mol. The van der Waals surface area contributed by atoms with E-state index in [9.17, 15) is 0 Å². The Bertz CT molecular complexity index is 29.8. The van der Waals surface area contributed by atoms with Crippen molar-refractivity contribution < 1.29 is 14.6 Å². The first kappa shape index (κ1) is 12.5. The van der Waals surface area contributed by atoms with E-state index in [0.29, 0.717) is 6.61 Å². The molecule has 0 bridgehead atoms. The molecule has 0 heterocycles. The minimum absolute atomic E-state index is 0.122. The highest BCUT2D eigenvalue weighted by Gasteiger charge is 1.67. The van der Waals surface area contributed by atoms with E-state index in [1.54, 1.807) is 14.2 Å². The molecule has 0 aromatic rings. The molecule has 0 saturated heterocycles. The summed E-state index contributed by atoms with van der Waals surface area (Å²) in [5, 5.41) is 7.94. The van der Waals surface area contributed by atoms with Crippen molar-refractivity contribution in [2.75, 3.05) is 34.0 Å². The number of methoxy groups -OCH3 is 2. The molecule has 0 aliphatic heterocycles. The Kier molecular flexibility index (Phi) is 20.0. The van der Waals surface area contributed by atoms with Gasteiger partial charge in [-0.25, -0.2) is 0 Å². The van der Waals surface area contributed by atoms with Crippen molar-refractivity contribution in [1.82, 2.24) is 0 Å². The quantitative estimate of drug-likeness (QED) is 0.640. The second-order valence-electron chi connectivity index (χ2n) is 1.71. The van der Waals surface area contributed by atoms with E-state index >= 15 is 0 Å². The van der Waals surface area contributed by atoms with Gasteiger partial charge in [0.25, 0.3) is 0 Å². The lowest BCUT2D eigenvalue weighted by Crippen LogP contribution is -1.91. The number of hydrogen-bond donors (Lipinski definition) is 1. The predicted molar refractivity (Wildman–Crippen MR) is 41.1 cm³/mol. The van der Waals surface area contributed by atoms with Crippen LogP contribution in [0.4, 0.5) is 0 Å². The summed E-state index contributed by atoms with van der Waals surface area (Å²) >= 11 is 0. The summed E-state index contributed by atoms with van der Waals surface area (Å²) in [5.41, 5.74) is 0. The number of rotatable bonds is 4. The van der Waals surface area contributed by atoms with Crippen molar-refractivity contribution in [2.24, 2.45) is 0 Å². The Morgan fingerprint density at radius 2 is 1.60 bits per heavy atom. The zero-order valence-corrected chi connectivity index (χ0v) is 7.09. The summed E-state index contributed by atoms with van der Waals surface area (Å²) in [4.78, 5) is 0. The molecule has 0 rings (SSSR count). The second-order valence-corrected chi connectivity index (χ2v) is 1.71. The minimum Gasteiger partial charge on any atom is -0.394 e. The molecular formula is C7H18O3. The maximum absolute atomic E-state index is 7.94. The number of ether oxygens (including phenoxy) is 2. The van der Waals surface area contributed by atoms with Gasteiger partial charge in [-0.2, -0.15) is 0 Å². The summed E-state index contributed by atoms with van der Waals surface area (Å²) in [5.74, 6) is 0. The lowest BCUT2D eigenvalue weighted by atomic mass is 10.5. The minimum atomic E-state index is 0.122. The van der Waals surface area contributed by atoms with Gasteiger partial charge in [0.1, 0.15) is 0 Å². The van der Waals surface area contributed by atoms with E-state index < -0.39 is 0 Å². The fraction of sp³-hybridized carbons (Fsp3) is 1.00. The van der Waals surface area contributed by atoms with Crippen LogP contribution in [0.25, 0.3) is 0 Å². The molecule has 10 heavy (non-hydrogen) atoms. The molecule has 0 amide bonds. The second kappa shape index (κ2) is 15.9. The van der Waals surface area contributed by atoms with Gasteiger partial charge in [-0.05, 0) is 6.42 Å². The van der Waals surface area contributed by atoms with E-state index in [1.807, 2.05) is 0 Å². The molecule has 0 saturated carbocycles. The Balaban J connectivity index is 0. The van der Waals surface area contributed by atoms with Gasteiger partial charge in [-0.15, -0.1) is 0 Å². The molecule has 0 unspecified atom stereocenters. The fourth-order valence-electron chi connectivity index (χ4n) is 0.295. The third-order valence-corrected chi connectivity index (χ3v) is 0.704. The van der Waals surface area contributed by atoms with Gasteiger partial charge in [0, 0.05) is 20.8 Å². The van der Waals surface area contributed by atoms with Crippen molar-refractivity contribution >= 4 is 0 Å². The number of aliphatic hydroxyl groups excluding tert-OH is 1. The van der Waals surface area contributed by atoms with Crippen LogP contribution in [0.5, 0.6) is 0 Å². The maximum Gasteiger partial charge on any atom is 0.0693 e. The molecule has 0 atom stereocenters. The molecule has 0 fully saturated rings. The highest BCUT2D eigenvalue weighted by molar-refractivity contribution is 4.15. The van der Waals surface area contributed by atoms with Gasteiger partial charge in [0.2, 0.25) is 0 Å². The highest BCUT2D eigenvalue weighted by atomic mass is 16.5. The lowest BCUT2D eigenvalue weighted by molar-refractivity contribution is 0.135. The van der Waals surface area contributed by atoms with Crippen molar-refractivity contribution in [3.8, 4) is 0 Å². The molecule has 64 valence electrons. The Morgan fingerprint density at radius 1 is 1.10 bits per heavy atom. The number of hydrogen-bond acceptors (Lipinski definition) is 3. The van der Waals surface area contributed by atoms with Crippen LogP contribution in [0.15, 0.2) is 0 Å². The maximum atomic E-state index is 7.94. The summed E-state index contributed by atoms with van der Waals surface area (Å²) in [7, 11) is 3.26. The smallest absolute Gasteiger partial charge is 0.0693 e. The van der Waals surface area contributed by atoms with Crippen LogP contribution in [0.3, 0.4) is 0 Å². The van der Waals surface area contributed by atoms with Crippen molar-refractivity contribution in [3.05, 3.63) is 0 Å². The topological polar surface area (TPSA) is 38.7 Å². The first-order chi connectivity index (χ1) is 4.83. The Labute approximate surface area is 63.0 Å². The zero-order chi connectivity index (χ0) is 8.24. The summed E-state index contributed by atoms with van der Waals surface area (Å²) in [6.07, 6.45) is 1.12. The SMILES string of the molecule is CCCOC.COCCO. The predicted octanol–water partition coefficient (Wildman–Crippen LogP) is 0.668. The largest absolute Gasteiger partial charge is 0.394 e. The van der Waals surface area contributed by atoms with Crippen LogP contribution in [0, 0.1) is 0 Å².